The molecule has 0 spiro atoms. The van der Waals surface area contributed by atoms with E-state index >= 15 is 0 Å². The van der Waals surface area contributed by atoms with E-state index in [0.29, 0.717) is 59.4 Å². The Labute approximate surface area is 584 Å². The zero-order valence-corrected chi connectivity index (χ0v) is 57.5. The number of aryl methyl sites for hydroxylation is 1. The van der Waals surface area contributed by atoms with Crippen molar-refractivity contribution >= 4 is 41.0 Å². The second-order valence-corrected chi connectivity index (χ2v) is 27.7. The minimum atomic E-state index is -1.80. The molecule has 11 N–H and O–H groups in total. The van der Waals surface area contributed by atoms with Crippen LogP contribution in [-0.4, -0.2) is 244 Å². The summed E-state index contributed by atoms with van der Waals surface area (Å²) in [5.41, 5.74) is 3.18. The van der Waals surface area contributed by atoms with Gasteiger partial charge >= 0.3 is 6.09 Å². The summed E-state index contributed by atoms with van der Waals surface area (Å²) < 4.78 is 53.3. The maximum Gasteiger partial charge on any atom is 0.416 e. The number of hydrogen-bond acceptors (Lipinski definition) is 25. The summed E-state index contributed by atoms with van der Waals surface area (Å²) in [5, 5.41) is 110. The van der Waals surface area contributed by atoms with E-state index in [9.17, 15) is 75.0 Å². The van der Waals surface area contributed by atoms with E-state index < -0.39 is 129 Å². The molecule has 5 aliphatic heterocycles. The van der Waals surface area contributed by atoms with Crippen molar-refractivity contribution in [3.8, 4) is 28.7 Å². The number of fused-ring (bicyclic) bond motifs is 4. The normalized spacial score (nSPS) is 26.5. The third-order valence-electron chi connectivity index (χ3n) is 19.0. The lowest BCUT2D eigenvalue weighted by molar-refractivity contribution is -0.277. The maximum atomic E-state index is 14.5. The summed E-state index contributed by atoms with van der Waals surface area (Å²) in [6.07, 6.45) is -15.4. The van der Waals surface area contributed by atoms with Gasteiger partial charge in [0.25, 0.3) is 17.7 Å². The SMILES string of the molecule is C=C1C[C@H]2C(O)N(COCc3ccc(O[C@@H]4C[C@H](CO)[C@@H](O)[C@H](O)[C@H]4O)c(C(=O)CC(C)(C)C)c3)c3cc(OCCCCCOc4cc5c(cc4OC)C(=O)N4CC(=C)C[C@H]4C(O)N5C(=O)OCc4ccc(O[C@@H]5O[C@H](CO)[C@@H](O)[C@H](O)[C@H]5O)c(C(=O)NCCOC)c4)c(C)cc3C(=O)N2C1. The molecule has 6 aliphatic rings. The van der Waals surface area contributed by atoms with Gasteiger partial charge in [0.1, 0.15) is 79.5 Å². The van der Waals surface area contributed by atoms with Crippen LogP contribution in [0.3, 0.4) is 0 Å². The number of anilines is 2. The smallest absolute Gasteiger partial charge is 0.416 e. The molecular formula is C72H93N5O24. The summed E-state index contributed by atoms with van der Waals surface area (Å²) in [5.74, 6) is -1.78. The summed E-state index contributed by atoms with van der Waals surface area (Å²) in [6.45, 7) is 14.7. The Hall–Kier alpha value is -8.01. The van der Waals surface area contributed by atoms with Crippen LogP contribution >= 0.6 is 0 Å². The number of hydrogen-bond donors (Lipinski definition) is 11. The molecule has 1 saturated carbocycles. The van der Waals surface area contributed by atoms with Gasteiger partial charge in [0.05, 0.1) is 92.0 Å². The molecule has 0 aromatic heterocycles. The Kier molecular flexibility index (Phi) is 24.4. The number of benzene rings is 4. The Bertz CT molecular complexity index is 3690. The number of ketones is 1. The lowest BCUT2D eigenvalue weighted by Crippen LogP contribution is -2.60. The highest BCUT2D eigenvalue weighted by molar-refractivity contribution is 6.06. The molecule has 4 aromatic carbocycles. The molecule has 29 nitrogen and oxygen atoms in total. The molecule has 550 valence electrons. The number of amides is 4. The molecule has 4 amide bonds. The maximum absolute atomic E-state index is 14.5. The molecular weight excluding hydrogens is 1320 g/mol. The fraction of sp³-hybridized carbons (Fsp3) is 0.542. The highest BCUT2D eigenvalue weighted by atomic mass is 16.7. The second kappa shape index (κ2) is 32.5. The average molecular weight is 1410 g/mol. The van der Waals surface area contributed by atoms with E-state index in [4.69, 9.17) is 42.6 Å². The highest BCUT2D eigenvalue weighted by Crippen LogP contribution is 2.44. The largest absolute Gasteiger partial charge is 0.493 e. The van der Waals surface area contributed by atoms with Crippen LogP contribution in [-0.2, 0) is 32.2 Å². The molecule has 3 saturated heterocycles. The van der Waals surface area contributed by atoms with Crippen molar-refractivity contribution in [2.24, 2.45) is 11.3 Å². The number of nitrogens with zero attached hydrogens (tertiary/aromatic N) is 4. The fourth-order valence-corrected chi connectivity index (χ4v) is 13.5. The minimum Gasteiger partial charge on any atom is -0.493 e. The van der Waals surface area contributed by atoms with Crippen LogP contribution in [0.2, 0.25) is 0 Å². The first-order valence-electron chi connectivity index (χ1n) is 33.7. The number of ether oxygens (including phenoxy) is 9. The third-order valence-corrected chi connectivity index (χ3v) is 19.0. The lowest BCUT2D eigenvalue weighted by Gasteiger charge is -2.39. The number of Topliss-reactive ketones (excluding diaryl/α,β-unsaturated/α-hetero) is 1. The molecule has 0 bridgehead atoms. The number of unbranched alkanes of at least 4 members (excludes halogenated alkanes) is 2. The summed E-state index contributed by atoms with van der Waals surface area (Å²) in [6, 6.07) is 13.7. The first kappa shape index (κ1) is 75.6. The summed E-state index contributed by atoms with van der Waals surface area (Å²) >= 11 is 0. The Morgan fingerprint density at radius 1 is 0.644 bits per heavy atom. The quantitative estimate of drug-likeness (QED) is 0.0232. The average Bonchev–Trinajstić information content (AvgIpc) is 1.63. The van der Waals surface area contributed by atoms with Gasteiger partial charge in [0.2, 0.25) is 6.29 Å². The molecule has 14 atom stereocenters. The van der Waals surface area contributed by atoms with Crippen molar-refractivity contribution in [2.75, 3.05) is 83.4 Å². The summed E-state index contributed by atoms with van der Waals surface area (Å²) in [7, 11) is 2.84. The monoisotopic (exact) mass is 1410 g/mol. The van der Waals surface area contributed by atoms with Crippen LogP contribution < -0.4 is 38.8 Å². The molecule has 2 unspecified atom stereocenters. The fourth-order valence-electron chi connectivity index (χ4n) is 13.5. The van der Waals surface area contributed by atoms with Gasteiger partial charge in [0.15, 0.2) is 23.5 Å². The van der Waals surface area contributed by atoms with Gasteiger partial charge in [-0.3, -0.25) is 19.2 Å². The van der Waals surface area contributed by atoms with E-state index in [1.807, 2.05) is 27.7 Å². The van der Waals surface area contributed by atoms with Crippen molar-refractivity contribution in [1.29, 1.82) is 0 Å². The van der Waals surface area contributed by atoms with E-state index in [1.165, 1.54) is 49.5 Å². The number of aliphatic hydroxyl groups excluding tert-OH is 10. The molecule has 4 fully saturated rings. The molecule has 29 heteroatoms. The zero-order chi connectivity index (χ0) is 72.9. The number of carbonyl (C=O) groups excluding carboxylic acids is 5. The number of rotatable bonds is 27. The van der Waals surface area contributed by atoms with Gasteiger partial charge in [0, 0.05) is 57.8 Å². The first-order valence-corrected chi connectivity index (χ1v) is 33.7. The lowest BCUT2D eigenvalue weighted by atomic mass is 9.81. The van der Waals surface area contributed by atoms with E-state index in [0.717, 1.165) is 10.5 Å². The number of aliphatic hydroxyl groups is 10. The zero-order valence-electron chi connectivity index (χ0n) is 57.5. The van der Waals surface area contributed by atoms with E-state index in [-0.39, 0.29) is 135 Å². The van der Waals surface area contributed by atoms with Crippen LogP contribution in [0.1, 0.15) is 124 Å². The van der Waals surface area contributed by atoms with E-state index in [2.05, 4.69) is 18.5 Å². The topological polar surface area (TPSA) is 396 Å². The number of nitrogens with one attached hydrogen (secondary N) is 1. The van der Waals surface area contributed by atoms with Crippen LogP contribution in [0, 0.1) is 18.3 Å². The van der Waals surface area contributed by atoms with Gasteiger partial charge in [-0.1, -0.05) is 57.2 Å². The molecule has 4 aromatic rings. The molecule has 0 radical (unpaired) electrons. The minimum absolute atomic E-state index is 0.00494. The van der Waals surface area contributed by atoms with Crippen molar-refractivity contribution < 1.29 is 118 Å². The van der Waals surface area contributed by atoms with Crippen molar-refractivity contribution in [3.63, 3.8) is 0 Å². The summed E-state index contributed by atoms with van der Waals surface area (Å²) in [4.78, 5) is 76.4. The predicted octanol–water partition coefficient (Wildman–Crippen LogP) is 2.98. The van der Waals surface area contributed by atoms with Crippen molar-refractivity contribution in [2.45, 2.75) is 166 Å². The number of carbonyl (C=O) groups is 5. The molecule has 5 heterocycles. The molecule has 1 aliphatic carbocycles. The Morgan fingerprint density at radius 3 is 1.88 bits per heavy atom. The van der Waals surface area contributed by atoms with Gasteiger partial charge in [-0.05, 0) is 104 Å². The predicted molar refractivity (Wildman–Crippen MR) is 361 cm³/mol. The van der Waals surface area contributed by atoms with Gasteiger partial charge in [-0.25, -0.2) is 9.69 Å². The van der Waals surface area contributed by atoms with E-state index in [1.54, 1.807) is 40.1 Å². The van der Waals surface area contributed by atoms with Crippen LogP contribution in [0.5, 0.6) is 28.7 Å². The van der Waals surface area contributed by atoms with Gasteiger partial charge in [-0.15, -0.1) is 0 Å². The van der Waals surface area contributed by atoms with Gasteiger partial charge in [-0.2, -0.15) is 0 Å². The van der Waals surface area contributed by atoms with Crippen LogP contribution in [0.25, 0.3) is 0 Å². The standard InChI is InChI=1S/C72H93N5O24/c1-37-20-49-68(90)76(36-95-34-40-12-14-52(45(23-40)51(80)29-72(4,5)6)99-57-25-42(32-78)59(81)62(84)60(57)82)47-27-54(39(3)22-43(47)66(88)74(49)30-37)96-17-10-9-11-18-97-56-28-48-44(26-55(56)94-8)67(89)75-31-38(2)21-50(75)69(91)77(48)71(92)98-35-41-13-15-53(46(24-41)65(87)73-16-19-93-7)100-70-64(86)63(85)61(83)58(33-79)101-70/h12-15,22-24,26-28,42,49-50,57-64,68-70,78-79,81-86,90-91H,1-2,9-11,16-21,25,29-36H2,3-8H3,(H,73,87)/t42-,49+,50+,57-,58-,59-,60+,61-,62+,63+,64-,68?,69?,70-/m1/s1. The molecule has 101 heavy (non-hydrogen) atoms. The Morgan fingerprint density at radius 2 is 1.25 bits per heavy atom. The molecule has 10 rings (SSSR count). The van der Waals surface area contributed by atoms with Crippen LogP contribution in [0.15, 0.2) is 85.0 Å². The first-order chi connectivity index (χ1) is 48.1. The third kappa shape index (κ3) is 16.7. The van der Waals surface area contributed by atoms with Crippen molar-refractivity contribution in [1.82, 2.24) is 15.1 Å². The Balaban J connectivity index is 0.806. The highest BCUT2D eigenvalue weighted by Gasteiger charge is 2.49. The van der Waals surface area contributed by atoms with Crippen LogP contribution in [0.4, 0.5) is 16.2 Å². The van der Waals surface area contributed by atoms with Crippen molar-refractivity contribution in [3.05, 3.63) is 124 Å². The number of methoxy groups -OCH3 is 2. The second-order valence-electron chi connectivity index (χ2n) is 27.7. The van der Waals surface area contributed by atoms with Gasteiger partial charge < -0.3 is 114 Å².